The average Bonchev–Trinajstić information content (AvgIpc) is 2.30. The second kappa shape index (κ2) is 6.74. The molecule has 0 saturated heterocycles. The van der Waals surface area contributed by atoms with E-state index >= 15 is 0 Å². The van der Waals surface area contributed by atoms with E-state index < -0.39 is 11.8 Å². The standard InChI is InChI=1S/C10H14N4O2S/c11-7-2-1-3-13-8(7)6-17-5-4-14-9(12)10(15)16/h1-3H,4-6,11H2,(H2,12,14)(H,15,16). The molecule has 0 aliphatic heterocycles. The molecule has 92 valence electrons. The Morgan fingerprint density at radius 2 is 2.41 bits per heavy atom. The molecule has 1 rings (SSSR count). The summed E-state index contributed by atoms with van der Waals surface area (Å²) in [6.07, 6.45) is 1.69. The molecule has 1 aromatic heterocycles. The summed E-state index contributed by atoms with van der Waals surface area (Å²) in [4.78, 5) is 14.4. The van der Waals surface area contributed by atoms with Crippen LogP contribution in [0.25, 0.3) is 0 Å². The van der Waals surface area contributed by atoms with E-state index in [1.165, 1.54) is 0 Å². The van der Waals surface area contributed by atoms with Crippen LogP contribution in [0.15, 0.2) is 18.3 Å². The molecular formula is C10H14N4O2S. The van der Waals surface area contributed by atoms with Crippen molar-refractivity contribution in [1.82, 2.24) is 10.3 Å². The van der Waals surface area contributed by atoms with Gasteiger partial charge in [0.15, 0.2) is 0 Å². The van der Waals surface area contributed by atoms with E-state index in [9.17, 15) is 4.79 Å². The van der Waals surface area contributed by atoms with Crippen LogP contribution in [0.3, 0.4) is 0 Å². The van der Waals surface area contributed by atoms with Gasteiger partial charge in [0.25, 0.3) is 0 Å². The van der Waals surface area contributed by atoms with Gasteiger partial charge in [-0.3, -0.25) is 10.4 Å². The SMILES string of the molecule is N=C(NCCSCc1ncccc1N)C(=O)O. The second-order valence-corrected chi connectivity index (χ2v) is 4.30. The number of thioether (sulfide) groups is 1. The molecule has 1 heterocycles. The first-order chi connectivity index (χ1) is 8.11. The number of hydrogen-bond acceptors (Lipinski definition) is 5. The summed E-state index contributed by atoms with van der Waals surface area (Å²) >= 11 is 1.58. The number of rotatable bonds is 5. The quantitative estimate of drug-likeness (QED) is 0.347. The highest BCUT2D eigenvalue weighted by Gasteiger charge is 2.04. The second-order valence-electron chi connectivity index (χ2n) is 3.20. The highest BCUT2D eigenvalue weighted by Crippen LogP contribution is 2.14. The Balaban J connectivity index is 2.19. The van der Waals surface area contributed by atoms with E-state index in [1.807, 2.05) is 0 Å². The van der Waals surface area contributed by atoms with Gasteiger partial charge in [-0.25, -0.2) is 4.79 Å². The van der Waals surface area contributed by atoms with E-state index in [4.69, 9.17) is 16.2 Å². The summed E-state index contributed by atoms with van der Waals surface area (Å²) in [5.74, 6) is -0.368. The van der Waals surface area contributed by atoms with Crippen molar-refractivity contribution < 1.29 is 9.90 Å². The third-order valence-corrected chi connectivity index (χ3v) is 2.90. The molecule has 7 heteroatoms. The normalized spacial score (nSPS) is 9.88. The van der Waals surface area contributed by atoms with E-state index in [1.54, 1.807) is 30.1 Å². The molecule has 0 saturated carbocycles. The van der Waals surface area contributed by atoms with Gasteiger partial charge in [0.2, 0.25) is 5.84 Å². The third kappa shape index (κ3) is 4.73. The van der Waals surface area contributed by atoms with Crippen molar-refractivity contribution >= 4 is 29.3 Å². The number of carbonyl (C=O) groups is 1. The van der Waals surface area contributed by atoms with E-state index in [-0.39, 0.29) is 0 Å². The van der Waals surface area contributed by atoms with Crippen LogP contribution in [0, 0.1) is 5.41 Å². The van der Waals surface area contributed by atoms with E-state index in [0.717, 1.165) is 5.69 Å². The van der Waals surface area contributed by atoms with Crippen molar-refractivity contribution in [3.63, 3.8) is 0 Å². The number of nitrogen functional groups attached to an aromatic ring is 1. The molecule has 0 bridgehead atoms. The Kier molecular flexibility index (Phi) is 5.28. The topological polar surface area (TPSA) is 112 Å². The van der Waals surface area contributed by atoms with Crippen molar-refractivity contribution in [2.45, 2.75) is 5.75 Å². The van der Waals surface area contributed by atoms with Crippen LogP contribution in [-0.2, 0) is 10.5 Å². The number of nitrogens with two attached hydrogens (primary N) is 1. The third-order valence-electron chi connectivity index (χ3n) is 1.93. The first-order valence-corrected chi connectivity index (χ1v) is 6.09. The van der Waals surface area contributed by atoms with Crippen molar-refractivity contribution in [3.05, 3.63) is 24.0 Å². The van der Waals surface area contributed by atoms with Crippen molar-refractivity contribution in [2.75, 3.05) is 18.0 Å². The zero-order valence-corrected chi connectivity index (χ0v) is 9.96. The number of aromatic nitrogens is 1. The Labute approximate surface area is 103 Å². The Hall–Kier alpha value is -1.76. The lowest BCUT2D eigenvalue weighted by Crippen LogP contribution is -2.31. The van der Waals surface area contributed by atoms with Gasteiger partial charge >= 0.3 is 5.97 Å². The predicted octanol–water partition coefficient (Wildman–Crippen LogP) is 0.548. The summed E-state index contributed by atoms with van der Waals surface area (Å²) in [5.41, 5.74) is 7.20. The largest absolute Gasteiger partial charge is 0.475 e. The molecule has 0 amide bonds. The summed E-state index contributed by atoms with van der Waals surface area (Å²) < 4.78 is 0. The highest BCUT2D eigenvalue weighted by molar-refractivity contribution is 7.98. The van der Waals surface area contributed by atoms with Gasteiger partial charge in [0, 0.05) is 24.2 Å². The monoisotopic (exact) mass is 254 g/mol. The number of anilines is 1. The number of pyridine rings is 1. The number of carboxylic acid groups (broad SMARTS) is 1. The predicted molar refractivity (Wildman–Crippen MR) is 68.2 cm³/mol. The van der Waals surface area contributed by atoms with Gasteiger partial charge in [0.05, 0.1) is 11.4 Å². The Morgan fingerprint density at radius 3 is 3.06 bits per heavy atom. The molecule has 1 aromatic rings. The van der Waals surface area contributed by atoms with Crippen LogP contribution < -0.4 is 11.1 Å². The fourth-order valence-corrected chi connectivity index (χ4v) is 1.89. The first kappa shape index (κ1) is 13.3. The van der Waals surface area contributed by atoms with Crippen LogP contribution >= 0.6 is 11.8 Å². The lowest BCUT2D eigenvalue weighted by molar-refractivity contribution is -0.129. The molecule has 0 radical (unpaired) electrons. The minimum absolute atomic E-state index is 0.433. The van der Waals surface area contributed by atoms with Crippen molar-refractivity contribution in [3.8, 4) is 0 Å². The average molecular weight is 254 g/mol. The minimum Gasteiger partial charge on any atom is -0.475 e. The summed E-state index contributed by atoms with van der Waals surface area (Å²) in [6.45, 7) is 0.433. The van der Waals surface area contributed by atoms with Gasteiger partial charge in [0.1, 0.15) is 0 Å². The number of aliphatic carboxylic acids is 1. The van der Waals surface area contributed by atoms with Gasteiger partial charge < -0.3 is 16.2 Å². The fourth-order valence-electron chi connectivity index (χ4n) is 1.06. The maximum absolute atomic E-state index is 10.3. The van der Waals surface area contributed by atoms with Crippen LogP contribution in [0.2, 0.25) is 0 Å². The van der Waals surface area contributed by atoms with Crippen LogP contribution in [-0.4, -0.2) is 34.2 Å². The molecule has 6 nitrogen and oxygen atoms in total. The van der Waals surface area contributed by atoms with Gasteiger partial charge in [-0.15, -0.1) is 0 Å². The fraction of sp³-hybridized carbons (Fsp3) is 0.300. The molecule has 0 fully saturated rings. The van der Waals surface area contributed by atoms with E-state index in [0.29, 0.717) is 23.7 Å². The zero-order chi connectivity index (χ0) is 12.7. The zero-order valence-electron chi connectivity index (χ0n) is 9.14. The summed E-state index contributed by atoms with van der Waals surface area (Å²) in [7, 11) is 0. The molecular weight excluding hydrogens is 240 g/mol. The van der Waals surface area contributed by atoms with Crippen molar-refractivity contribution in [2.24, 2.45) is 0 Å². The number of carboxylic acids is 1. The van der Waals surface area contributed by atoms with Crippen LogP contribution in [0.1, 0.15) is 5.69 Å². The molecule has 0 aliphatic carbocycles. The molecule has 17 heavy (non-hydrogen) atoms. The number of amidine groups is 1. The molecule has 0 aliphatic rings. The van der Waals surface area contributed by atoms with Gasteiger partial charge in [-0.2, -0.15) is 11.8 Å². The summed E-state index contributed by atoms with van der Waals surface area (Å²) in [6, 6.07) is 3.57. The van der Waals surface area contributed by atoms with Crippen molar-refractivity contribution in [1.29, 1.82) is 5.41 Å². The first-order valence-electron chi connectivity index (χ1n) is 4.94. The maximum atomic E-state index is 10.3. The molecule has 0 atom stereocenters. The van der Waals surface area contributed by atoms with E-state index in [2.05, 4.69) is 10.3 Å². The Morgan fingerprint density at radius 1 is 1.65 bits per heavy atom. The van der Waals surface area contributed by atoms with Crippen LogP contribution in [0.5, 0.6) is 0 Å². The molecule has 0 spiro atoms. The Bertz CT molecular complexity index is 411. The van der Waals surface area contributed by atoms with Gasteiger partial charge in [-0.1, -0.05) is 0 Å². The lowest BCUT2D eigenvalue weighted by Gasteiger charge is -2.05. The maximum Gasteiger partial charge on any atom is 0.370 e. The lowest BCUT2D eigenvalue weighted by atomic mass is 10.3. The molecule has 5 N–H and O–H groups in total. The summed E-state index contributed by atoms with van der Waals surface area (Å²) in [5, 5.41) is 18.0. The number of nitrogens with one attached hydrogen (secondary N) is 2. The number of hydrogen-bond donors (Lipinski definition) is 4. The van der Waals surface area contributed by atoms with Crippen LogP contribution in [0.4, 0.5) is 5.69 Å². The highest BCUT2D eigenvalue weighted by atomic mass is 32.2. The van der Waals surface area contributed by atoms with Gasteiger partial charge in [-0.05, 0) is 12.1 Å². The minimum atomic E-state index is -1.25. The molecule has 0 unspecified atom stereocenters. The smallest absolute Gasteiger partial charge is 0.370 e. The molecule has 0 aromatic carbocycles. The number of nitrogens with zero attached hydrogens (tertiary/aromatic N) is 1.